The van der Waals surface area contributed by atoms with Crippen LogP contribution in [0, 0.1) is 17.1 Å². The van der Waals surface area contributed by atoms with Crippen molar-refractivity contribution in [2.24, 2.45) is 0 Å². The average Bonchev–Trinajstić information content (AvgIpc) is 3.35. The van der Waals surface area contributed by atoms with E-state index in [0.717, 1.165) is 11.0 Å². The van der Waals surface area contributed by atoms with Gasteiger partial charge in [-0.2, -0.15) is 18.4 Å². The van der Waals surface area contributed by atoms with E-state index in [1.807, 2.05) is 20.8 Å². The molecule has 3 aromatic rings. The standard InChI is InChI=1S/C42H46F4N8O5S/c1-6-26-16-34(54-40(60)53(39(58)41(54,4)5)30-11-10-27(20-47)31(18-30)42(44,45)46)32(43)19-35(26)59-15-14-51-21-24(2)52(25(3)22-51)23-37(56)49-29-9-7-8-28(17-29)48-33-12-13-36(55)50-38(33)57/h7-11,16-19,24-25,33,48H,6,12-15,21-23H2,1-5H3,(H,49,56)(H,50,55,57). The van der Waals surface area contributed by atoms with E-state index < -0.39 is 40.6 Å². The number of alkyl halides is 3. The zero-order valence-corrected chi connectivity index (χ0v) is 34.6. The second-order valence-corrected chi connectivity index (χ2v) is 16.0. The molecule has 0 spiro atoms. The first kappa shape index (κ1) is 43.9. The highest BCUT2D eigenvalue weighted by molar-refractivity contribution is 7.81. The largest absolute Gasteiger partial charge is 0.492 e. The fourth-order valence-electron chi connectivity index (χ4n) is 7.93. The molecule has 318 valence electrons. The number of halogens is 4. The van der Waals surface area contributed by atoms with Gasteiger partial charge in [0.05, 0.1) is 35.1 Å². The fraction of sp³-hybridized carbons (Fsp3) is 0.429. The number of imide groups is 1. The van der Waals surface area contributed by atoms with Crippen molar-refractivity contribution in [3.63, 3.8) is 0 Å². The molecule has 0 aliphatic carbocycles. The Balaban J connectivity index is 1.05. The van der Waals surface area contributed by atoms with Crippen LogP contribution >= 0.6 is 12.2 Å². The number of hydrogen-bond donors (Lipinski definition) is 3. The molecule has 13 nitrogen and oxygen atoms in total. The van der Waals surface area contributed by atoms with Crippen molar-refractivity contribution in [1.82, 2.24) is 15.1 Å². The Bertz CT molecular complexity index is 2240. The summed E-state index contributed by atoms with van der Waals surface area (Å²) in [5, 5.41) is 17.4. The van der Waals surface area contributed by atoms with Crippen LogP contribution in [-0.2, 0) is 31.8 Å². The van der Waals surface area contributed by atoms with Crippen molar-refractivity contribution in [3.8, 4) is 11.8 Å². The van der Waals surface area contributed by atoms with Gasteiger partial charge in [0.15, 0.2) is 10.9 Å². The van der Waals surface area contributed by atoms with Crippen molar-refractivity contribution in [2.45, 2.75) is 83.7 Å². The van der Waals surface area contributed by atoms with Crippen molar-refractivity contribution < 1.29 is 41.5 Å². The molecule has 3 aromatic carbocycles. The van der Waals surface area contributed by atoms with Gasteiger partial charge in [-0.15, -0.1) is 0 Å². The molecule has 0 saturated carbocycles. The van der Waals surface area contributed by atoms with Gasteiger partial charge in [0.25, 0.3) is 5.91 Å². The van der Waals surface area contributed by atoms with E-state index in [0.29, 0.717) is 61.2 Å². The molecule has 4 amide bonds. The lowest BCUT2D eigenvalue weighted by Crippen LogP contribution is -2.58. The molecule has 0 bridgehead atoms. The zero-order valence-electron chi connectivity index (χ0n) is 33.8. The lowest BCUT2D eigenvalue weighted by atomic mass is 10.0. The van der Waals surface area contributed by atoms with E-state index in [4.69, 9.17) is 17.0 Å². The molecule has 0 radical (unpaired) electrons. The summed E-state index contributed by atoms with van der Waals surface area (Å²) in [4.78, 5) is 57.1. The Hall–Kier alpha value is -5.64. The minimum Gasteiger partial charge on any atom is -0.492 e. The summed E-state index contributed by atoms with van der Waals surface area (Å²) in [5.74, 6) is -1.98. The van der Waals surface area contributed by atoms with Gasteiger partial charge in [-0.25, -0.2) is 4.39 Å². The molecule has 6 rings (SSSR count). The topological polar surface area (TPSA) is 150 Å². The summed E-state index contributed by atoms with van der Waals surface area (Å²) in [7, 11) is 0. The number of carbonyl (C=O) groups is 4. The normalized spacial score (nSPS) is 21.2. The fourth-order valence-corrected chi connectivity index (χ4v) is 8.44. The molecular formula is C42H46F4N8O5S. The second kappa shape index (κ2) is 17.5. The maximum absolute atomic E-state index is 16.0. The predicted octanol–water partition coefficient (Wildman–Crippen LogP) is 5.82. The molecular weight excluding hydrogens is 805 g/mol. The summed E-state index contributed by atoms with van der Waals surface area (Å²) in [5.41, 5.74) is -1.69. The number of ether oxygens (including phenoxy) is 1. The quantitative estimate of drug-likeness (QED) is 0.115. The lowest BCUT2D eigenvalue weighted by molar-refractivity contribution is -0.138. The van der Waals surface area contributed by atoms with Crippen molar-refractivity contribution >= 4 is 63.7 Å². The van der Waals surface area contributed by atoms with E-state index in [2.05, 4.69) is 25.8 Å². The van der Waals surface area contributed by atoms with Crippen LogP contribution in [0.4, 0.5) is 40.3 Å². The summed E-state index contributed by atoms with van der Waals surface area (Å²) < 4.78 is 63.5. The number of nitriles is 1. The van der Waals surface area contributed by atoms with E-state index in [1.54, 1.807) is 24.3 Å². The number of thiocarbonyl (C=S) groups is 1. The van der Waals surface area contributed by atoms with Crippen LogP contribution in [0.3, 0.4) is 0 Å². The second-order valence-electron chi connectivity index (χ2n) is 15.7. The number of piperidine rings is 1. The number of aryl methyl sites for hydroxylation is 1. The number of piperazine rings is 1. The van der Waals surface area contributed by atoms with Crippen molar-refractivity contribution in [2.75, 3.05) is 53.2 Å². The third-order valence-electron chi connectivity index (χ3n) is 11.0. The van der Waals surface area contributed by atoms with Gasteiger partial charge in [-0.3, -0.25) is 39.2 Å². The molecule has 60 heavy (non-hydrogen) atoms. The van der Waals surface area contributed by atoms with Gasteiger partial charge in [-0.1, -0.05) is 13.0 Å². The minimum absolute atomic E-state index is 0.0159. The van der Waals surface area contributed by atoms with Crippen LogP contribution in [-0.4, -0.2) is 95.0 Å². The summed E-state index contributed by atoms with van der Waals surface area (Å²) in [6.07, 6.45) is -3.80. The number of hydrogen-bond acceptors (Lipinski definition) is 10. The lowest BCUT2D eigenvalue weighted by Gasteiger charge is -2.44. The monoisotopic (exact) mass is 850 g/mol. The van der Waals surface area contributed by atoms with Gasteiger partial charge in [0.2, 0.25) is 17.7 Å². The Labute approximate surface area is 350 Å². The maximum Gasteiger partial charge on any atom is 0.417 e. The first-order valence-corrected chi connectivity index (χ1v) is 20.0. The van der Waals surface area contributed by atoms with Crippen LogP contribution in [0.15, 0.2) is 54.6 Å². The van der Waals surface area contributed by atoms with Gasteiger partial charge in [-0.05, 0) is 101 Å². The number of carbonyl (C=O) groups excluding carboxylic acids is 4. The van der Waals surface area contributed by atoms with Gasteiger partial charge in [0, 0.05) is 55.6 Å². The van der Waals surface area contributed by atoms with Crippen molar-refractivity contribution in [3.05, 3.63) is 77.1 Å². The molecule has 3 atom stereocenters. The smallest absolute Gasteiger partial charge is 0.417 e. The van der Waals surface area contributed by atoms with E-state index in [-0.39, 0.29) is 65.9 Å². The number of rotatable bonds is 12. The van der Waals surface area contributed by atoms with Crippen LogP contribution < -0.4 is 30.5 Å². The third-order valence-corrected chi connectivity index (χ3v) is 11.4. The van der Waals surface area contributed by atoms with Crippen molar-refractivity contribution in [1.29, 1.82) is 5.26 Å². The molecule has 3 saturated heterocycles. The minimum atomic E-state index is -4.86. The van der Waals surface area contributed by atoms with E-state index >= 15 is 4.39 Å². The van der Waals surface area contributed by atoms with E-state index in [1.165, 1.54) is 43.0 Å². The number of nitrogens with zero attached hydrogens (tertiary/aromatic N) is 5. The summed E-state index contributed by atoms with van der Waals surface area (Å²) in [6.45, 7) is 11.2. The third kappa shape index (κ3) is 9.23. The number of nitrogens with one attached hydrogen (secondary N) is 3. The Morgan fingerprint density at radius 2 is 1.75 bits per heavy atom. The molecule has 3 aliphatic rings. The van der Waals surface area contributed by atoms with Crippen LogP contribution in [0.2, 0.25) is 0 Å². The number of amides is 4. The Kier molecular flexibility index (Phi) is 12.8. The highest BCUT2D eigenvalue weighted by atomic mass is 32.1. The van der Waals surface area contributed by atoms with Gasteiger partial charge < -0.3 is 20.3 Å². The number of benzene rings is 3. The average molecular weight is 851 g/mol. The highest BCUT2D eigenvalue weighted by Gasteiger charge is 2.51. The first-order valence-electron chi connectivity index (χ1n) is 19.6. The first-order chi connectivity index (χ1) is 28.3. The molecule has 0 aromatic heterocycles. The zero-order chi connectivity index (χ0) is 43.7. The SMILES string of the molecule is CCc1cc(N2C(=S)N(c3ccc(C#N)c(C(F)(F)F)c3)C(=O)C2(C)C)c(F)cc1OCCN1CC(C)N(CC(=O)Nc2cccc(NC3CCC(=O)NC3=O)c2)C(C)C1. The molecule has 3 N–H and O–H groups in total. The molecule has 3 unspecified atom stereocenters. The van der Waals surface area contributed by atoms with E-state index in [9.17, 15) is 37.6 Å². The predicted molar refractivity (Wildman–Crippen MR) is 221 cm³/mol. The summed E-state index contributed by atoms with van der Waals surface area (Å²) >= 11 is 5.61. The van der Waals surface area contributed by atoms with Crippen LogP contribution in [0.25, 0.3) is 0 Å². The molecule has 3 heterocycles. The highest BCUT2D eigenvalue weighted by Crippen LogP contribution is 2.41. The number of anilines is 4. The van der Waals surface area contributed by atoms with Crippen LogP contribution in [0.5, 0.6) is 5.75 Å². The molecule has 18 heteroatoms. The maximum atomic E-state index is 16.0. The Morgan fingerprint density at radius 3 is 2.40 bits per heavy atom. The van der Waals surface area contributed by atoms with Gasteiger partial charge >= 0.3 is 6.18 Å². The summed E-state index contributed by atoms with van der Waals surface area (Å²) in [6, 6.07) is 13.7. The Morgan fingerprint density at radius 1 is 1.05 bits per heavy atom. The van der Waals surface area contributed by atoms with Gasteiger partial charge in [0.1, 0.15) is 23.9 Å². The molecule has 3 aliphatic heterocycles. The molecule has 3 fully saturated rings. The van der Waals surface area contributed by atoms with Crippen LogP contribution in [0.1, 0.15) is 64.2 Å².